The first-order chi connectivity index (χ1) is 12.9. The lowest BCUT2D eigenvalue weighted by molar-refractivity contribution is -0.383. The molecule has 0 amide bonds. The number of sulfonamides is 1. The highest BCUT2D eigenvalue weighted by molar-refractivity contribution is 7.92. The van der Waals surface area contributed by atoms with Gasteiger partial charge >= 0.3 is 6.18 Å². The molecule has 10 nitrogen and oxygen atoms in total. The van der Waals surface area contributed by atoms with Gasteiger partial charge in [-0.05, 0) is 25.5 Å². The molecule has 0 unspecified atom stereocenters. The van der Waals surface area contributed by atoms with Gasteiger partial charge in [0.15, 0.2) is 5.69 Å². The fraction of sp³-hybridized carbons (Fsp3) is 0.214. The number of hydrogen-bond donors (Lipinski definition) is 1. The summed E-state index contributed by atoms with van der Waals surface area (Å²) in [5.41, 5.74) is -1.94. The number of halogens is 3. The highest BCUT2D eigenvalue weighted by Gasteiger charge is 2.36. The standard InChI is InChI=1S/C14H11F3N6O4S/c1-7-4-3-5-9(23(24)25)11(7)21-28(26,27)13-19-12-18-8(2)6-10(14(15,16)17)22(12)20-13/h3-6,21H,1-2H3. The van der Waals surface area contributed by atoms with Crippen LogP contribution in [0.5, 0.6) is 0 Å². The SMILES string of the molecule is Cc1cc(C(F)(F)F)n2nc(S(=O)(=O)Nc3c(C)cccc3[N+](=O)[O-])nc2n1. The molecule has 1 aromatic carbocycles. The van der Waals surface area contributed by atoms with Crippen LogP contribution >= 0.6 is 0 Å². The highest BCUT2D eigenvalue weighted by Crippen LogP contribution is 2.31. The minimum atomic E-state index is -4.83. The van der Waals surface area contributed by atoms with Gasteiger partial charge in [-0.15, -0.1) is 5.10 Å². The number of nitrogens with zero attached hydrogens (tertiary/aromatic N) is 5. The van der Waals surface area contributed by atoms with E-state index in [1.165, 1.54) is 26.0 Å². The first kappa shape index (κ1) is 19.5. The van der Waals surface area contributed by atoms with Crippen molar-refractivity contribution >= 4 is 27.2 Å². The molecular formula is C14H11F3N6O4S. The maximum atomic E-state index is 13.2. The number of aromatic nitrogens is 4. The molecule has 28 heavy (non-hydrogen) atoms. The van der Waals surface area contributed by atoms with Crippen molar-refractivity contribution < 1.29 is 26.5 Å². The van der Waals surface area contributed by atoms with Crippen LogP contribution in [0.4, 0.5) is 24.5 Å². The molecular weight excluding hydrogens is 405 g/mol. The lowest BCUT2D eigenvalue weighted by Crippen LogP contribution is -2.17. The molecule has 2 aromatic heterocycles. The van der Waals surface area contributed by atoms with Gasteiger partial charge in [0.25, 0.3) is 26.6 Å². The molecule has 3 rings (SSSR count). The number of nitro groups is 1. The Bertz CT molecular complexity index is 1210. The van der Waals surface area contributed by atoms with Gasteiger partial charge < -0.3 is 0 Å². The van der Waals surface area contributed by atoms with Crippen molar-refractivity contribution in [1.82, 2.24) is 19.6 Å². The van der Waals surface area contributed by atoms with E-state index in [4.69, 9.17) is 0 Å². The number of nitro benzene ring substituents is 1. The summed E-state index contributed by atoms with van der Waals surface area (Å²) >= 11 is 0. The quantitative estimate of drug-likeness (QED) is 0.510. The van der Waals surface area contributed by atoms with Crippen LogP contribution < -0.4 is 4.72 Å². The number of hydrogen-bond acceptors (Lipinski definition) is 7. The highest BCUT2D eigenvalue weighted by atomic mass is 32.2. The third-order valence-corrected chi connectivity index (χ3v) is 4.76. The molecule has 0 radical (unpaired) electrons. The van der Waals surface area contributed by atoms with Crippen molar-refractivity contribution in [3.63, 3.8) is 0 Å². The molecule has 0 aliphatic rings. The number of para-hydroxylation sites is 1. The van der Waals surface area contributed by atoms with Crippen LogP contribution in [0.15, 0.2) is 29.4 Å². The fourth-order valence-electron chi connectivity index (χ4n) is 2.40. The van der Waals surface area contributed by atoms with E-state index in [1.807, 2.05) is 4.72 Å². The van der Waals surface area contributed by atoms with Crippen LogP contribution in [0.2, 0.25) is 0 Å². The van der Waals surface area contributed by atoms with Crippen LogP contribution in [0, 0.1) is 24.0 Å². The molecule has 148 valence electrons. The van der Waals surface area contributed by atoms with Crippen molar-refractivity contribution in [2.45, 2.75) is 25.2 Å². The third kappa shape index (κ3) is 3.45. The smallest absolute Gasteiger partial charge is 0.270 e. The molecule has 0 spiro atoms. The van der Waals surface area contributed by atoms with Crippen LogP contribution in [0.3, 0.4) is 0 Å². The van der Waals surface area contributed by atoms with Gasteiger partial charge in [0.05, 0.1) is 4.92 Å². The Hall–Kier alpha value is -3.29. The average Bonchev–Trinajstić information content (AvgIpc) is 2.99. The third-order valence-electron chi connectivity index (χ3n) is 3.64. The molecule has 2 heterocycles. The van der Waals surface area contributed by atoms with E-state index >= 15 is 0 Å². The molecule has 0 atom stereocenters. The van der Waals surface area contributed by atoms with Crippen molar-refractivity contribution in [1.29, 1.82) is 0 Å². The zero-order chi connectivity index (χ0) is 20.9. The van der Waals surface area contributed by atoms with Gasteiger partial charge in [0.2, 0.25) is 0 Å². The maximum absolute atomic E-state index is 13.2. The Morgan fingerprint density at radius 2 is 1.89 bits per heavy atom. The van der Waals surface area contributed by atoms with Crippen LogP contribution in [-0.2, 0) is 16.2 Å². The molecule has 0 fully saturated rings. The second-order valence-corrected chi connectivity index (χ2v) is 7.29. The van der Waals surface area contributed by atoms with E-state index in [2.05, 4.69) is 15.1 Å². The van der Waals surface area contributed by atoms with E-state index in [1.54, 1.807) is 0 Å². The van der Waals surface area contributed by atoms with E-state index in [0.29, 0.717) is 6.07 Å². The Labute approximate surface area is 155 Å². The van der Waals surface area contributed by atoms with Gasteiger partial charge in [-0.25, -0.2) is 4.98 Å². The number of anilines is 1. The summed E-state index contributed by atoms with van der Waals surface area (Å²) in [4.78, 5) is 17.6. The second-order valence-electron chi connectivity index (χ2n) is 5.72. The summed E-state index contributed by atoms with van der Waals surface area (Å²) in [5.74, 6) is -0.577. The van der Waals surface area contributed by atoms with Gasteiger partial charge in [-0.1, -0.05) is 12.1 Å². The largest absolute Gasteiger partial charge is 0.433 e. The molecule has 14 heteroatoms. The molecule has 0 saturated carbocycles. The molecule has 0 bridgehead atoms. The van der Waals surface area contributed by atoms with Gasteiger partial charge in [-0.2, -0.15) is 31.1 Å². The molecule has 0 aliphatic heterocycles. The lowest BCUT2D eigenvalue weighted by atomic mass is 10.2. The zero-order valence-electron chi connectivity index (χ0n) is 14.2. The Morgan fingerprint density at radius 3 is 2.50 bits per heavy atom. The predicted octanol–water partition coefficient (Wildman–Crippen LogP) is 2.47. The van der Waals surface area contributed by atoms with Crippen LogP contribution in [0.1, 0.15) is 17.0 Å². The van der Waals surface area contributed by atoms with Gasteiger partial charge in [-0.3, -0.25) is 14.8 Å². The number of alkyl halides is 3. The Kier molecular flexibility index (Phi) is 4.45. The van der Waals surface area contributed by atoms with Crippen molar-refractivity contribution in [2.75, 3.05) is 4.72 Å². The number of nitrogens with one attached hydrogen (secondary N) is 1. The normalized spacial score (nSPS) is 12.3. The van der Waals surface area contributed by atoms with Crippen molar-refractivity contribution in [3.05, 3.63) is 51.3 Å². The summed E-state index contributed by atoms with van der Waals surface area (Å²) in [7, 11) is -4.63. The molecule has 3 aromatic rings. The summed E-state index contributed by atoms with van der Waals surface area (Å²) in [6.45, 7) is 2.71. The van der Waals surface area contributed by atoms with Gasteiger partial charge in [0, 0.05) is 11.8 Å². The van der Waals surface area contributed by atoms with Crippen LogP contribution in [-0.4, -0.2) is 32.9 Å². The van der Waals surface area contributed by atoms with Crippen molar-refractivity contribution in [2.24, 2.45) is 0 Å². The Balaban J connectivity index is 2.14. The molecule has 0 saturated heterocycles. The van der Waals surface area contributed by atoms with Crippen LogP contribution in [0.25, 0.3) is 5.78 Å². The number of rotatable bonds is 4. The zero-order valence-corrected chi connectivity index (χ0v) is 15.0. The number of aryl methyl sites for hydroxylation is 2. The minimum Gasteiger partial charge on any atom is -0.270 e. The second kappa shape index (κ2) is 6.40. The van der Waals surface area contributed by atoms with Crippen molar-refractivity contribution in [3.8, 4) is 0 Å². The summed E-state index contributed by atoms with van der Waals surface area (Å²) in [6, 6.07) is 4.55. The Morgan fingerprint density at radius 1 is 1.21 bits per heavy atom. The summed E-state index contributed by atoms with van der Waals surface area (Å²) in [5, 5.41) is 13.5. The maximum Gasteiger partial charge on any atom is 0.433 e. The van der Waals surface area contributed by atoms with E-state index in [9.17, 15) is 31.7 Å². The fourth-order valence-corrected chi connectivity index (χ4v) is 3.42. The first-order valence-electron chi connectivity index (χ1n) is 7.48. The van der Waals surface area contributed by atoms with Gasteiger partial charge in [0.1, 0.15) is 5.69 Å². The van der Waals surface area contributed by atoms with E-state index in [-0.39, 0.29) is 21.5 Å². The summed E-state index contributed by atoms with van der Waals surface area (Å²) in [6.07, 6.45) is -4.83. The predicted molar refractivity (Wildman–Crippen MR) is 89.2 cm³/mol. The minimum absolute atomic E-state index is 0.0429. The molecule has 1 N–H and O–H groups in total. The lowest BCUT2D eigenvalue weighted by Gasteiger charge is -2.09. The number of benzene rings is 1. The molecule has 0 aliphatic carbocycles. The number of fused-ring (bicyclic) bond motifs is 1. The topological polar surface area (TPSA) is 132 Å². The first-order valence-corrected chi connectivity index (χ1v) is 8.97. The summed E-state index contributed by atoms with van der Waals surface area (Å²) < 4.78 is 66.9. The average molecular weight is 416 g/mol. The van der Waals surface area contributed by atoms with E-state index < -0.39 is 43.4 Å². The monoisotopic (exact) mass is 416 g/mol. The van der Waals surface area contributed by atoms with E-state index in [0.717, 1.165) is 6.07 Å².